The van der Waals surface area contributed by atoms with Crippen molar-refractivity contribution in [1.82, 2.24) is 5.43 Å². The number of hydrazone groups is 1. The fourth-order valence-electron chi connectivity index (χ4n) is 1.66. The van der Waals surface area contributed by atoms with E-state index in [1.165, 1.54) is 31.5 Å². The number of para-hydroxylation sites is 1. The number of hydrogen-bond donors (Lipinski definition) is 1. The summed E-state index contributed by atoms with van der Waals surface area (Å²) >= 11 is 5.85. The molecule has 0 radical (unpaired) electrons. The molecule has 4 nitrogen and oxygen atoms in total. The maximum atomic E-state index is 12.9. The Hall–Kier alpha value is -2.40. The normalized spacial score (nSPS) is 10.6. The van der Waals surface area contributed by atoms with Crippen LogP contribution < -0.4 is 10.2 Å². The number of rotatable bonds is 4. The molecule has 0 aliphatic rings. The largest absolute Gasteiger partial charge is 0.496 e. The van der Waals surface area contributed by atoms with Gasteiger partial charge in [0.1, 0.15) is 11.6 Å². The van der Waals surface area contributed by atoms with E-state index in [0.29, 0.717) is 16.9 Å². The number of nitrogens with one attached hydrogen (secondary N) is 1. The number of hydrogen-bond acceptors (Lipinski definition) is 3. The standard InChI is InChI=1S/C15H12ClFN2O2/c1-21-14-5-3-2-4-12(14)15(20)19-18-9-10-6-7-11(17)8-13(10)16/h2-9H,1H3,(H,19,20). The van der Waals surface area contributed by atoms with Gasteiger partial charge in [-0.15, -0.1) is 0 Å². The number of benzene rings is 2. The van der Waals surface area contributed by atoms with E-state index in [1.54, 1.807) is 24.3 Å². The monoisotopic (exact) mass is 306 g/mol. The van der Waals surface area contributed by atoms with Crippen LogP contribution in [0.25, 0.3) is 0 Å². The molecule has 0 bridgehead atoms. The van der Waals surface area contributed by atoms with E-state index < -0.39 is 11.7 Å². The van der Waals surface area contributed by atoms with Crippen molar-refractivity contribution in [2.24, 2.45) is 5.10 Å². The molecule has 0 heterocycles. The van der Waals surface area contributed by atoms with E-state index in [-0.39, 0.29) is 5.02 Å². The third-order valence-electron chi connectivity index (χ3n) is 2.68. The molecule has 0 atom stereocenters. The molecule has 0 saturated carbocycles. The summed E-state index contributed by atoms with van der Waals surface area (Å²) in [4.78, 5) is 12.0. The zero-order valence-corrected chi connectivity index (χ0v) is 11.9. The maximum Gasteiger partial charge on any atom is 0.275 e. The minimum absolute atomic E-state index is 0.213. The third-order valence-corrected chi connectivity index (χ3v) is 3.01. The molecular formula is C15H12ClFN2O2. The van der Waals surface area contributed by atoms with Crippen LogP contribution in [0.1, 0.15) is 15.9 Å². The van der Waals surface area contributed by atoms with Gasteiger partial charge in [0.25, 0.3) is 5.91 Å². The van der Waals surface area contributed by atoms with Gasteiger partial charge in [-0.05, 0) is 30.3 Å². The Morgan fingerprint density at radius 3 is 2.81 bits per heavy atom. The molecule has 0 aliphatic carbocycles. The van der Waals surface area contributed by atoms with Crippen LogP contribution in [0.5, 0.6) is 5.75 Å². The van der Waals surface area contributed by atoms with Gasteiger partial charge < -0.3 is 4.74 Å². The highest BCUT2D eigenvalue weighted by Gasteiger charge is 2.10. The molecule has 2 aromatic carbocycles. The lowest BCUT2D eigenvalue weighted by Gasteiger charge is -2.06. The van der Waals surface area contributed by atoms with E-state index in [2.05, 4.69) is 10.5 Å². The number of amides is 1. The SMILES string of the molecule is COc1ccccc1C(=O)NN=Cc1ccc(F)cc1Cl. The zero-order chi connectivity index (χ0) is 15.2. The predicted molar refractivity (Wildman–Crippen MR) is 79.5 cm³/mol. The Kier molecular flexibility index (Phi) is 4.90. The minimum Gasteiger partial charge on any atom is -0.496 e. The summed E-state index contributed by atoms with van der Waals surface area (Å²) in [7, 11) is 1.48. The van der Waals surface area contributed by atoms with E-state index in [9.17, 15) is 9.18 Å². The molecular weight excluding hydrogens is 295 g/mol. The van der Waals surface area contributed by atoms with Gasteiger partial charge in [0.15, 0.2) is 0 Å². The van der Waals surface area contributed by atoms with Crippen LogP contribution >= 0.6 is 11.6 Å². The second-order valence-corrected chi connectivity index (χ2v) is 4.47. The van der Waals surface area contributed by atoms with E-state index in [1.807, 2.05) is 0 Å². The van der Waals surface area contributed by atoms with Crippen molar-refractivity contribution < 1.29 is 13.9 Å². The van der Waals surface area contributed by atoms with Gasteiger partial charge >= 0.3 is 0 Å². The predicted octanol–water partition coefficient (Wildman–Crippen LogP) is 3.25. The second kappa shape index (κ2) is 6.85. The molecule has 0 unspecified atom stereocenters. The van der Waals surface area contributed by atoms with Gasteiger partial charge in [0.2, 0.25) is 0 Å². The Morgan fingerprint density at radius 2 is 2.10 bits per heavy atom. The smallest absolute Gasteiger partial charge is 0.275 e. The first-order chi connectivity index (χ1) is 10.1. The van der Waals surface area contributed by atoms with Gasteiger partial charge in [-0.3, -0.25) is 4.79 Å². The van der Waals surface area contributed by atoms with Crippen molar-refractivity contribution in [3.05, 3.63) is 64.4 Å². The summed E-state index contributed by atoms with van der Waals surface area (Å²) in [6, 6.07) is 10.7. The van der Waals surface area contributed by atoms with Crippen molar-refractivity contribution in [2.75, 3.05) is 7.11 Å². The van der Waals surface area contributed by atoms with Crippen LogP contribution in [0.4, 0.5) is 4.39 Å². The molecule has 0 fully saturated rings. The summed E-state index contributed by atoms with van der Waals surface area (Å²) in [6.45, 7) is 0. The fraction of sp³-hybridized carbons (Fsp3) is 0.0667. The number of methoxy groups -OCH3 is 1. The van der Waals surface area contributed by atoms with Crippen molar-refractivity contribution in [3.63, 3.8) is 0 Å². The Balaban J connectivity index is 2.08. The highest BCUT2D eigenvalue weighted by Crippen LogP contribution is 2.17. The summed E-state index contributed by atoms with van der Waals surface area (Å²) in [5.74, 6) is -0.401. The molecule has 0 spiro atoms. The number of nitrogens with zero attached hydrogens (tertiary/aromatic N) is 1. The van der Waals surface area contributed by atoms with E-state index in [0.717, 1.165) is 0 Å². The molecule has 0 aromatic heterocycles. The first-order valence-electron chi connectivity index (χ1n) is 6.03. The average molecular weight is 307 g/mol. The van der Waals surface area contributed by atoms with Gasteiger partial charge in [-0.2, -0.15) is 5.10 Å². The van der Waals surface area contributed by atoms with Gasteiger partial charge in [0, 0.05) is 5.56 Å². The molecule has 21 heavy (non-hydrogen) atoms. The lowest BCUT2D eigenvalue weighted by Crippen LogP contribution is -2.18. The lowest BCUT2D eigenvalue weighted by atomic mass is 10.2. The highest BCUT2D eigenvalue weighted by molar-refractivity contribution is 6.33. The van der Waals surface area contributed by atoms with Crippen LogP contribution in [0, 0.1) is 5.82 Å². The average Bonchev–Trinajstić information content (AvgIpc) is 2.49. The molecule has 108 valence electrons. The van der Waals surface area contributed by atoms with Crippen molar-refractivity contribution in [1.29, 1.82) is 0 Å². The third kappa shape index (κ3) is 3.79. The first-order valence-corrected chi connectivity index (χ1v) is 6.41. The Labute approximate surface area is 126 Å². The second-order valence-electron chi connectivity index (χ2n) is 4.07. The molecule has 2 aromatic rings. The Bertz CT molecular complexity index is 689. The van der Waals surface area contributed by atoms with Gasteiger partial charge in [-0.25, -0.2) is 9.82 Å². The molecule has 1 amide bonds. The lowest BCUT2D eigenvalue weighted by molar-refractivity contribution is 0.0952. The van der Waals surface area contributed by atoms with Crippen LogP contribution in [0.15, 0.2) is 47.6 Å². The van der Waals surface area contributed by atoms with E-state index >= 15 is 0 Å². The number of carbonyl (C=O) groups is 1. The minimum atomic E-state index is -0.435. The zero-order valence-electron chi connectivity index (χ0n) is 11.1. The molecule has 0 aliphatic heterocycles. The number of halogens is 2. The number of carbonyl (C=O) groups excluding carboxylic acids is 1. The summed E-state index contributed by atoms with van der Waals surface area (Å²) in [5.41, 5.74) is 3.22. The van der Waals surface area contributed by atoms with Crippen molar-refractivity contribution in [3.8, 4) is 5.75 Å². The summed E-state index contributed by atoms with van der Waals surface area (Å²) in [6.07, 6.45) is 1.34. The van der Waals surface area contributed by atoms with E-state index in [4.69, 9.17) is 16.3 Å². The topological polar surface area (TPSA) is 50.7 Å². The van der Waals surface area contributed by atoms with Crippen molar-refractivity contribution in [2.45, 2.75) is 0 Å². The molecule has 1 N–H and O–H groups in total. The Morgan fingerprint density at radius 1 is 1.33 bits per heavy atom. The molecule has 0 saturated heterocycles. The molecule has 2 rings (SSSR count). The summed E-state index contributed by atoms with van der Waals surface area (Å²) in [5, 5.41) is 4.01. The quantitative estimate of drug-likeness (QED) is 0.696. The van der Waals surface area contributed by atoms with Crippen LogP contribution in [0.3, 0.4) is 0 Å². The molecule has 6 heteroatoms. The van der Waals surface area contributed by atoms with Gasteiger partial charge in [-0.1, -0.05) is 23.7 Å². The van der Waals surface area contributed by atoms with Crippen LogP contribution in [-0.4, -0.2) is 19.2 Å². The van der Waals surface area contributed by atoms with Crippen molar-refractivity contribution >= 4 is 23.7 Å². The van der Waals surface area contributed by atoms with Crippen LogP contribution in [-0.2, 0) is 0 Å². The first kappa shape index (κ1) is 15.0. The highest BCUT2D eigenvalue weighted by atomic mass is 35.5. The van der Waals surface area contributed by atoms with Gasteiger partial charge in [0.05, 0.1) is 23.9 Å². The summed E-state index contributed by atoms with van der Waals surface area (Å²) < 4.78 is 18.0. The maximum absolute atomic E-state index is 12.9. The fourth-order valence-corrected chi connectivity index (χ4v) is 1.88. The number of ether oxygens (including phenoxy) is 1. The van der Waals surface area contributed by atoms with Crippen LogP contribution in [0.2, 0.25) is 5.02 Å².